The molecule has 1 aliphatic heterocycles. The maximum Gasteiger partial charge on any atom is 0.240 e. The molecule has 2 aromatic carbocycles. The van der Waals surface area contributed by atoms with Gasteiger partial charge in [0.05, 0.1) is 4.90 Å². The summed E-state index contributed by atoms with van der Waals surface area (Å²) in [5, 5.41) is 0. The first-order valence-electron chi connectivity index (χ1n) is 8.60. The van der Waals surface area contributed by atoms with Crippen molar-refractivity contribution in [2.45, 2.75) is 23.3 Å². The van der Waals surface area contributed by atoms with Gasteiger partial charge in [-0.3, -0.25) is 4.79 Å². The molecular formula is C19H23N3O3S. The highest BCUT2D eigenvalue weighted by Gasteiger charge is 2.33. The van der Waals surface area contributed by atoms with Crippen molar-refractivity contribution in [1.29, 1.82) is 0 Å². The summed E-state index contributed by atoms with van der Waals surface area (Å²) < 4.78 is 26.8. The van der Waals surface area contributed by atoms with Crippen LogP contribution in [0.1, 0.15) is 17.9 Å². The predicted octanol–water partition coefficient (Wildman–Crippen LogP) is 1.31. The van der Waals surface area contributed by atoms with Crippen LogP contribution in [-0.4, -0.2) is 44.9 Å². The smallest absolute Gasteiger partial charge is 0.240 e. The number of carbonyl (C=O) groups excluding carboxylic acids is 1. The number of sulfonamides is 1. The monoisotopic (exact) mass is 373 g/mol. The number of rotatable bonds is 6. The van der Waals surface area contributed by atoms with E-state index < -0.39 is 10.0 Å². The lowest BCUT2D eigenvalue weighted by Gasteiger charge is -2.16. The molecule has 0 aromatic heterocycles. The minimum absolute atomic E-state index is 0.0673. The fourth-order valence-corrected chi connectivity index (χ4v) is 4.27. The molecule has 1 heterocycles. The van der Waals surface area contributed by atoms with E-state index in [1.807, 2.05) is 30.3 Å². The third kappa shape index (κ3) is 4.30. The summed E-state index contributed by atoms with van der Waals surface area (Å²) in [4.78, 5) is 14.3. The van der Waals surface area contributed by atoms with Crippen LogP contribution >= 0.6 is 0 Å². The van der Waals surface area contributed by atoms with E-state index in [1.54, 1.807) is 23.1 Å². The Hall–Kier alpha value is -2.22. The predicted molar refractivity (Wildman–Crippen MR) is 100.0 cm³/mol. The molecule has 0 saturated carbocycles. The summed E-state index contributed by atoms with van der Waals surface area (Å²) in [5.41, 5.74) is 7.33. The number of carbonyl (C=O) groups is 1. The van der Waals surface area contributed by atoms with Crippen molar-refractivity contribution in [3.63, 3.8) is 0 Å². The number of amides is 1. The Labute approximate surface area is 154 Å². The van der Waals surface area contributed by atoms with E-state index in [9.17, 15) is 13.2 Å². The number of nitrogens with two attached hydrogens (primary N) is 1. The Balaban J connectivity index is 1.53. The summed E-state index contributed by atoms with van der Waals surface area (Å²) in [5.74, 6) is 0.0239. The molecule has 1 fully saturated rings. The quantitative estimate of drug-likeness (QED) is 0.798. The highest BCUT2D eigenvalue weighted by molar-refractivity contribution is 7.89. The van der Waals surface area contributed by atoms with Crippen LogP contribution in [0.2, 0.25) is 0 Å². The van der Waals surface area contributed by atoms with Gasteiger partial charge in [-0.25, -0.2) is 13.1 Å². The molecule has 0 bridgehead atoms. The molecule has 1 amide bonds. The van der Waals surface area contributed by atoms with Crippen LogP contribution in [0.3, 0.4) is 0 Å². The highest BCUT2D eigenvalue weighted by Crippen LogP contribution is 2.26. The normalized spacial score (nSPS) is 20.3. The van der Waals surface area contributed by atoms with Crippen LogP contribution in [-0.2, 0) is 14.8 Å². The Morgan fingerprint density at radius 1 is 1.04 bits per heavy atom. The molecule has 3 N–H and O–H groups in total. The molecule has 2 aromatic rings. The van der Waals surface area contributed by atoms with Gasteiger partial charge in [-0.05, 0) is 17.7 Å². The summed E-state index contributed by atoms with van der Waals surface area (Å²) in [7, 11) is -3.59. The molecule has 1 aliphatic rings. The van der Waals surface area contributed by atoms with Crippen molar-refractivity contribution in [2.24, 2.45) is 5.73 Å². The second kappa shape index (κ2) is 7.99. The van der Waals surface area contributed by atoms with Crippen LogP contribution in [0.4, 0.5) is 0 Å². The van der Waals surface area contributed by atoms with Crippen molar-refractivity contribution < 1.29 is 13.2 Å². The van der Waals surface area contributed by atoms with Crippen molar-refractivity contribution in [3.8, 4) is 0 Å². The topological polar surface area (TPSA) is 92.5 Å². The number of hydrogen-bond acceptors (Lipinski definition) is 4. The zero-order valence-electron chi connectivity index (χ0n) is 14.4. The molecule has 138 valence electrons. The SMILES string of the molecule is N[C@@H]1CN(C(=O)CCNS(=O)(=O)c2ccccc2)C[C@H]1c1ccccc1. The first kappa shape index (κ1) is 18.6. The van der Waals surface area contributed by atoms with E-state index in [1.165, 1.54) is 12.1 Å². The second-order valence-electron chi connectivity index (χ2n) is 6.44. The molecule has 1 saturated heterocycles. The lowest BCUT2D eigenvalue weighted by molar-refractivity contribution is -0.130. The van der Waals surface area contributed by atoms with Gasteiger partial charge in [-0.2, -0.15) is 0 Å². The molecule has 0 aliphatic carbocycles. The van der Waals surface area contributed by atoms with Crippen LogP contribution < -0.4 is 10.5 Å². The molecule has 3 rings (SSSR count). The fourth-order valence-electron chi connectivity index (χ4n) is 3.22. The Bertz CT molecular complexity index is 841. The van der Waals surface area contributed by atoms with Gasteiger partial charge in [0.1, 0.15) is 0 Å². The molecule has 6 nitrogen and oxygen atoms in total. The van der Waals surface area contributed by atoms with Gasteiger partial charge < -0.3 is 10.6 Å². The Morgan fingerprint density at radius 2 is 1.65 bits per heavy atom. The number of benzene rings is 2. The molecule has 0 spiro atoms. The van der Waals surface area contributed by atoms with Crippen molar-refractivity contribution in [3.05, 3.63) is 66.2 Å². The molecule has 7 heteroatoms. The fraction of sp³-hybridized carbons (Fsp3) is 0.316. The lowest BCUT2D eigenvalue weighted by atomic mass is 9.95. The van der Waals surface area contributed by atoms with E-state index in [0.717, 1.165) is 5.56 Å². The van der Waals surface area contributed by atoms with E-state index in [0.29, 0.717) is 13.1 Å². The Kier molecular flexibility index (Phi) is 5.70. The van der Waals surface area contributed by atoms with Gasteiger partial charge in [0.15, 0.2) is 0 Å². The number of nitrogens with one attached hydrogen (secondary N) is 1. The van der Waals surface area contributed by atoms with E-state index in [4.69, 9.17) is 5.73 Å². The number of hydrogen-bond donors (Lipinski definition) is 2. The zero-order chi connectivity index (χ0) is 18.6. The van der Waals surface area contributed by atoms with Gasteiger partial charge >= 0.3 is 0 Å². The van der Waals surface area contributed by atoms with Gasteiger partial charge in [-0.1, -0.05) is 48.5 Å². The summed E-state index contributed by atoms with van der Waals surface area (Å²) in [6, 6.07) is 17.9. The number of likely N-dealkylation sites (tertiary alicyclic amines) is 1. The van der Waals surface area contributed by atoms with Gasteiger partial charge in [0.25, 0.3) is 0 Å². The third-order valence-corrected chi connectivity index (χ3v) is 6.11. The highest BCUT2D eigenvalue weighted by atomic mass is 32.2. The first-order chi connectivity index (χ1) is 12.5. The molecule has 0 radical (unpaired) electrons. The summed E-state index contributed by atoms with van der Waals surface area (Å²) in [6.45, 7) is 1.12. The standard InChI is InChI=1S/C19H23N3O3S/c20-18-14-22(13-17(18)15-7-3-1-4-8-15)19(23)11-12-21-26(24,25)16-9-5-2-6-10-16/h1-10,17-18,21H,11-14,20H2/t17-,18+/m0/s1. The lowest BCUT2D eigenvalue weighted by Crippen LogP contribution is -2.34. The van der Waals surface area contributed by atoms with Crippen molar-refractivity contribution in [2.75, 3.05) is 19.6 Å². The average Bonchev–Trinajstić information content (AvgIpc) is 3.05. The van der Waals surface area contributed by atoms with Crippen LogP contribution in [0.15, 0.2) is 65.6 Å². The Morgan fingerprint density at radius 3 is 2.31 bits per heavy atom. The molecule has 2 atom stereocenters. The minimum Gasteiger partial charge on any atom is -0.340 e. The van der Waals surface area contributed by atoms with Crippen LogP contribution in [0.25, 0.3) is 0 Å². The van der Waals surface area contributed by atoms with Crippen LogP contribution in [0.5, 0.6) is 0 Å². The average molecular weight is 373 g/mol. The maximum absolute atomic E-state index is 12.4. The molecule has 0 unspecified atom stereocenters. The van der Waals surface area contributed by atoms with E-state index in [2.05, 4.69) is 4.72 Å². The second-order valence-corrected chi connectivity index (χ2v) is 8.21. The van der Waals surface area contributed by atoms with Gasteiger partial charge in [0, 0.05) is 38.0 Å². The van der Waals surface area contributed by atoms with Crippen molar-refractivity contribution >= 4 is 15.9 Å². The van der Waals surface area contributed by atoms with Gasteiger partial charge in [0.2, 0.25) is 15.9 Å². The summed E-state index contributed by atoms with van der Waals surface area (Å²) in [6.07, 6.45) is 0.111. The largest absolute Gasteiger partial charge is 0.340 e. The first-order valence-corrected chi connectivity index (χ1v) is 10.1. The van der Waals surface area contributed by atoms with Gasteiger partial charge in [-0.15, -0.1) is 0 Å². The minimum atomic E-state index is -3.59. The third-order valence-electron chi connectivity index (χ3n) is 4.63. The van der Waals surface area contributed by atoms with E-state index in [-0.39, 0.29) is 35.7 Å². The number of nitrogens with zero attached hydrogens (tertiary/aromatic N) is 1. The molecular weight excluding hydrogens is 350 g/mol. The zero-order valence-corrected chi connectivity index (χ0v) is 15.2. The summed E-state index contributed by atoms with van der Waals surface area (Å²) >= 11 is 0. The molecule has 26 heavy (non-hydrogen) atoms. The maximum atomic E-state index is 12.4. The van der Waals surface area contributed by atoms with Crippen LogP contribution in [0, 0.1) is 0 Å². The van der Waals surface area contributed by atoms with Crippen molar-refractivity contribution in [1.82, 2.24) is 9.62 Å². The van der Waals surface area contributed by atoms with E-state index >= 15 is 0 Å².